The van der Waals surface area contributed by atoms with Gasteiger partial charge in [0, 0.05) is 37.6 Å². The molecule has 0 atom stereocenters. The van der Waals surface area contributed by atoms with Crippen molar-refractivity contribution in [3.8, 4) is 0 Å². The Balaban J connectivity index is 2.01. The summed E-state index contributed by atoms with van der Waals surface area (Å²) < 4.78 is 5.89. The first-order valence-electron chi connectivity index (χ1n) is 5.79. The topological polar surface area (TPSA) is 28.4 Å². The maximum absolute atomic E-state index is 5.89. The van der Waals surface area contributed by atoms with Gasteiger partial charge in [-0.25, -0.2) is 0 Å². The number of benzene rings is 1. The van der Waals surface area contributed by atoms with Crippen LogP contribution in [0, 0.1) is 6.92 Å². The molecule has 1 fully saturated rings. The Morgan fingerprint density at radius 3 is 2.81 bits per heavy atom. The molecule has 3 nitrogen and oxygen atoms in total. The van der Waals surface area contributed by atoms with Crippen LogP contribution in [0.15, 0.2) is 28.7 Å². The summed E-state index contributed by atoms with van der Waals surface area (Å²) in [5.74, 6) is 1.01. The molecule has 1 aliphatic heterocycles. The molecular weight excluding hydrogens is 200 g/mol. The predicted octanol–water partition coefficient (Wildman–Crippen LogP) is 2.15. The van der Waals surface area contributed by atoms with Crippen LogP contribution in [0.1, 0.15) is 5.56 Å². The normalized spacial score (nSPS) is 16.9. The molecule has 0 aliphatic carbocycles. The maximum atomic E-state index is 5.89. The second kappa shape index (κ2) is 3.83. The lowest BCUT2D eigenvalue weighted by molar-refractivity contribution is 0.527. The molecule has 1 N–H and O–H groups in total. The van der Waals surface area contributed by atoms with Gasteiger partial charge in [0.25, 0.3) is 0 Å². The smallest absolute Gasteiger partial charge is 0.196 e. The van der Waals surface area contributed by atoms with E-state index in [-0.39, 0.29) is 0 Å². The third-order valence-electron chi connectivity index (χ3n) is 3.20. The van der Waals surface area contributed by atoms with E-state index >= 15 is 0 Å². The average molecular weight is 216 g/mol. The molecule has 0 amide bonds. The first-order valence-corrected chi connectivity index (χ1v) is 5.79. The van der Waals surface area contributed by atoms with Crippen molar-refractivity contribution in [2.24, 2.45) is 0 Å². The van der Waals surface area contributed by atoms with Gasteiger partial charge in [-0.1, -0.05) is 12.1 Å². The number of anilines is 1. The number of nitrogens with zero attached hydrogens (tertiary/aromatic N) is 1. The summed E-state index contributed by atoms with van der Waals surface area (Å²) in [4.78, 5) is 2.30. The fourth-order valence-corrected chi connectivity index (χ4v) is 2.23. The van der Waals surface area contributed by atoms with Gasteiger partial charge in [-0.3, -0.25) is 0 Å². The fourth-order valence-electron chi connectivity index (χ4n) is 2.23. The van der Waals surface area contributed by atoms with Crippen molar-refractivity contribution in [3.05, 3.63) is 29.8 Å². The van der Waals surface area contributed by atoms with Crippen LogP contribution in [0.2, 0.25) is 0 Å². The van der Waals surface area contributed by atoms with Crippen molar-refractivity contribution in [2.45, 2.75) is 6.92 Å². The summed E-state index contributed by atoms with van der Waals surface area (Å²) >= 11 is 0. The summed E-state index contributed by atoms with van der Waals surface area (Å²) in [5, 5.41) is 4.58. The van der Waals surface area contributed by atoms with Crippen LogP contribution in [0.25, 0.3) is 11.0 Å². The number of hydrogen-bond donors (Lipinski definition) is 1. The zero-order valence-corrected chi connectivity index (χ0v) is 9.49. The minimum atomic E-state index is 0.994. The quantitative estimate of drug-likeness (QED) is 0.791. The van der Waals surface area contributed by atoms with E-state index in [0.717, 1.165) is 37.6 Å². The highest BCUT2D eigenvalue weighted by atomic mass is 16.4. The molecule has 16 heavy (non-hydrogen) atoms. The van der Waals surface area contributed by atoms with Crippen molar-refractivity contribution in [1.29, 1.82) is 0 Å². The van der Waals surface area contributed by atoms with Gasteiger partial charge in [0.1, 0.15) is 5.58 Å². The minimum absolute atomic E-state index is 0.994. The van der Waals surface area contributed by atoms with Gasteiger partial charge in [-0.15, -0.1) is 0 Å². The highest BCUT2D eigenvalue weighted by Crippen LogP contribution is 2.28. The summed E-state index contributed by atoms with van der Waals surface area (Å²) in [7, 11) is 0. The Morgan fingerprint density at radius 1 is 1.25 bits per heavy atom. The standard InChI is InChI=1S/C13H16N2O/c1-10-3-2-4-12-11(10)9-13(16-12)15-7-5-14-6-8-15/h2-4,9,14H,5-8H2,1H3. The molecule has 1 aromatic heterocycles. The molecule has 2 heterocycles. The lowest BCUT2D eigenvalue weighted by atomic mass is 10.1. The van der Waals surface area contributed by atoms with E-state index < -0.39 is 0 Å². The van der Waals surface area contributed by atoms with E-state index in [1.807, 2.05) is 12.1 Å². The molecule has 0 radical (unpaired) electrons. The third kappa shape index (κ3) is 1.57. The van der Waals surface area contributed by atoms with E-state index in [1.165, 1.54) is 10.9 Å². The van der Waals surface area contributed by atoms with Gasteiger partial charge in [0.15, 0.2) is 5.88 Å². The third-order valence-corrected chi connectivity index (χ3v) is 3.20. The number of hydrogen-bond acceptors (Lipinski definition) is 3. The van der Waals surface area contributed by atoms with Crippen molar-refractivity contribution in [1.82, 2.24) is 5.32 Å². The van der Waals surface area contributed by atoms with Crippen molar-refractivity contribution < 1.29 is 4.42 Å². The molecule has 0 bridgehead atoms. The number of rotatable bonds is 1. The van der Waals surface area contributed by atoms with Crippen LogP contribution < -0.4 is 10.2 Å². The van der Waals surface area contributed by atoms with Gasteiger partial charge in [-0.2, -0.15) is 0 Å². The van der Waals surface area contributed by atoms with Crippen molar-refractivity contribution >= 4 is 16.9 Å². The van der Waals surface area contributed by atoms with Crippen LogP contribution in [-0.2, 0) is 0 Å². The van der Waals surface area contributed by atoms with E-state index in [9.17, 15) is 0 Å². The SMILES string of the molecule is Cc1cccc2oc(N3CCNCC3)cc12. The Hall–Kier alpha value is -1.48. The first-order chi connectivity index (χ1) is 7.84. The van der Waals surface area contributed by atoms with Gasteiger partial charge in [0.2, 0.25) is 0 Å². The van der Waals surface area contributed by atoms with E-state index in [1.54, 1.807) is 0 Å². The van der Waals surface area contributed by atoms with Gasteiger partial charge in [0.05, 0.1) is 0 Å². The zero-order chi connectivity index (χ0) is 11.0. The highest BCUT2D eigenvalue weighted by molar-refractivity contribution is 5.84. The van der Waals surface area contributed by atoms with E-state index in [0.29, 0.717) is 0 Å². The van der Waals surface area contributed by atoms with Gasteiger partial charge in [-0.05, 0) is 18.6 Å². The molecular formula is C13H16N2O. The molecule has 2 aromatic rings. The van der Waals surface area contributed by atoms with Gasteiger partial charge >= 0.3 is 0 Å². The molecule has 1 saturated heterocycles. The van der Waals surface area contributed by atoms with Crippen molar-refractivity contribution in [2.75, 3.05) is 31.1 Å². The zero-order valence-electron chi connectivity index (χ0n) is 9.49. The maximum Gasteiger partial charge on any atom is 0.196 e. The fraction of sp³-hybridized carbons (Fsp3) is 0.385. The lowest BCUT2D eigenvalue weighted by Crippen LogP contribution is -2.43. The Labute approximate surface area is 95.0 Å². The van der Waals surface area contributed by atoms with Crippen LogP contribution in [0.3, 0.4) is 0 Å². The van der Waals surface area contributed by atoms with E-state index in [4.69, 9.17) is 4.42 Å². The molecule has 1 aliphatic rings. The predicted molar refractivity (Wildman–Crippen MR) is 66.0 cm³/mol. The largest absolute Gasteiger partial charge is 0.441 e. The Bertz CT molecular complexity index is 498. The molecule has 3 heteroatoms. The monoisotopic (exact) mass is 216 g/mol. The number of furan rings is 1. The number of piperazine rings is 1. The molecule has 3 rings (SSSR count). The van der Waals surface area contributed by atoms with Crippen LogP contribution in [-0.4, -0.2) is 26.2 Å². The summed E-state index contributed by atoms with van der Waals surface area (Å²) in [5.41, 5.74) is 2.27. The van der Waals surface area contributed by atoms with Crippen LogP contribution >= 0.6 is 0 Å². The molecule has 0 unspecified atom stereocenters. The molecule has 0 spiro atoms. The minimum Gasteiger partial charge on any atom is -0.441 e. The van der Waals surface area contributed by atoms with E-state index in [2.05, 4.69) is 29.3 Å². The van der Waals surface area contributed by atoms with Crippen LogP contribution in [0.5, 0.6) is 0 Å². The number of aryl methyl sites for hydroxylation is 1. The van der Waals surface area contributed by atoms with Crippen LogP contribution in [0.4, 0.5) is 5.88 Å². The number of nitrogens with one attached hydrogen (secondary N) is 1. The highest BCUT2D eigenvalue weighted by Gasteiger charge is 2.14. The summed E-state index contributed by atoms with van der Waals surface area (Å²) in [6, 6.07) is 8.37. The number of fused-ring (bicyclic) bond motifs is 1. The first kappa shape index (κ1) is 9.73. The summed E-state index contributed by atoms with van der Waals surface area (Å²) in [6.45, 7) is 6.25. The molecule has 1 aromatic carbocycles. The Kier molecular flexibility index (Phi) is 2.33. The summed E-state index contributed by atoms with van der Waals surface area (Å²) in [6.07, 6.45) is 0. The second-order valence-electron chi connectivity index (χ2n) is 4.31. The average Bonchev–Trinajstić information content (AvgIpc) is 2.76. The second-order valence-corrected chi connectivity index (χ2v) is 4.31. The molecule has 0 saturated carbocycles. The van der Waals surface area contributed by atoms with Crippen molar-refractivity contribution in [3.63, 3.8) is 0 Å². The van der Waals surface area contributed by atoms with Gasteiger partial charge < -0.3 is 14.6 Å². The Morgan fingerprint density at radius 2 is 2.06 bits per heavy atom. The molecule has 84 valence electrons. The lowest BCUT2D eigenvalue weighted by Gasteiger charge is -2.26.